The van der Waals surface area contributed by atoms with Crippen molar-refractivity contribution >= 4 is 16.2 Å². The van der Waals surface area contributed by atoms with Crippen LogP contribution in [-0.4, -0.2) is 56.1 Å². The Balaban J connectivity index is 1.87. The van der Waals surface area contributed by atoms with Gasteiger partial charge in [-0.05, 0) is 38.5 Å². The van der Waals surface area contributed by atoms with Crippen LogP contribution in [0.25, 0.3) is 0 Å². The third kappa shape index (κ3) is 4.64. The van der Waals surface area contributed by atoms with Gasteiger partial charge in [-0.15, -0.1) is 0 Å². The van der Waals surface area contributed by atoms with Gasteiger partial charge in [0.1, 0.15) is 0 Å². The van der Waals surface area contributed by atoms with Crippen molar-refractivity contribution in [1.82, 2.24) is 9.03 Å². The van der Waals surface area contributed by atoms with E-state index in [-0.39, 0.29) is 25.0 Å². The number of esters is 1. The minimum atomic E-state index is -3.65. The van der Waals surface area contributed by atoms with E-state index in [4.69, 9.17) is 4.74 Å². The second kappa shape index (κ2) is 7.04. The Kier molecular flexibility index (Phi) is 5.59. The van der Waals surface area contributed by atoms with Gasteiger partial charge in [-0.1, -0.05) is 0 Å². The molecule has 2 aliphatic rings. The van der Waals surface area contributed by atoms with E-state index in [1.54, 1.807) is 6.92 Å². The maximum atomic E-state index is 12.2. The number of aliphatic hydroxyl groups excluding tert-OH is 1. The summed E-state index contributed by atoms with van der Waals surface area (Å²) in [6.45, 7) is 2.61. The number of hydrogen-bond donors (Lipinski definition) is 2. The van der Waals surface area contributed by atoms with E-state index in [2.05, 4.69) is 4.72 Å². The van der Waals surface area contributed by atoms with Crippen LogP contribution in [0.4, 0.5) is 0 Å². The van der Waals surface area contributed by atoms with Gasteiger partial charge < -0.3 is 9.84 Å². The summed E-state index contributed by atoms with van der Waals surface area (Å²) in [6.07, 6.45) is 2.57. The average Bonchev–Trinajstić information content (AvgIpc) is 3.30. The van der Waals surface area contributed by atoms with Crippen molar-refractivity contribution in [1.29, 1.82) is 0 Å². The van der Waals surface area contributed by atoms with Crippen LogP contribution in [0.15, 0.2) is 0 Å². The molecule has 2 unspecified atom stereocenters. The topological polar surface area (TPSA) is 95.9 Å². The monoisotopic (exact) mass is 320 g/mol. The van der Waals surface area contributed by atoms with Gasteiger partial charge in [0.05, 0.1) is 18.6 Å². The number of nitrogens with one attached hydrogen (secondary N) is 1. The molecule has 0 aromatic rings. The Bertz CT molecular complexity index is 463. The fourth-order valence-electron chi connectivity index (χ4n) is 2.54. The minimum absolute atomic E-state index is 0.0353. The molecule has 2 rings (SSSR count). The van der Waals surface area contributed by atoms with Gasteiger partial charge in [-0.2, -0.15) is 17.4 Å². The highest BCUT2D eigenvalue weighted by molar-refractivity contribution is 7.87. The molecule has 0 aromatic carbocycles. The van der Waals surface area contributed by atoms with E-state index in [9.17, 15) is 18.3 Å². The van der Waals surface area contributed by atoms with Crippen molar-refractivity contribution in [3.8, 4) is 0 Å². The molecule has 0 spiro atoms. The van der Waals surface area contributed by atoms with Gasteiger partial charge in [0.2, 0.25) is 0 Å². The van der Waals surface area contributed by atoms with Crippen molar-refractivity contribution in [2.75, 3.05) is 26.2 Å². The van der Waals surface area contributed by atoms with Crippen LogP contribution in [0.3, 0.4) is 0 Å². The number of aliphatic hydroxyl groups is 1. The predicted octanol–water partition coefficient (Wildman–Crippen LogP) is -0.133. The quantitative estimate of drug-likeness (QED) is 0.637. The molecule has 1 saturated carbocycles. The molecule has 1 saturated heterocycles. The molecule has 122 valence electrons. The summed E-state index contributed by atoms with van der Waals surface area (Å²) < 4.78 is 33.1. The summed E-state index contributed by atoms with van der Waals surface area (Å²) in [4.78, 5) is 11.7. The van der Waals surface area contributed by atoms with Gasteiger partial charge in [-0.25, -0.2) is 0 Å². The number of nitrogens with zero attached hydrogens (tertiary/aromatic N) is 1. The maximum absolute atomic E-state index is 12.2. The normalized spacial score (nSPS) is 25.5. The van der Waals surface area contributed by atoms with E-state index >= 15 is 0 Å². The number of hydrogen-bond acceptors (Lipinski definition) is 5. The first kappa shape index (κ1) is 16.7. The van der Waals surface area contributed by atoms with Gasteiger partial charge in [0.15, 0.2) is 0 Å². The second-order valence-electron chi connectivity index (χ2n) is 5.71. The number of rotatable bonds is 7. The molecule has 7 nitrogen and oxygen atoms in total. The van der Waals surface area contributed by atoms with E-state index in [1.165, 1.54) is 4.31 Å². The van der Waals surface area contributed by atoms with Crippen molar-refractivity contribution in [2.45, 2.75) is 38.7 Å². The lowest BCUT2D eigenvalue weighted by Gasteiger charge is -2.30. The molecule has 1 aliphatic heterocycles. The zero-order valence-corrected chi connectivity index (χ0v) is 13.1. The molecule has 0 aromatic heterocycles. The summed E-state index contributed by atoms with van der Waals surface area (Å²) >= 11 is 0. The van der Waals surface area contributed by atoms with Crippen molar-refractivity contribution in [3.05, 3.63) is 0 Å². The van der Waals surface area contributed by atoms with Crippen LogP contribution in [0.1, 0.15) is 32.6 Å². The zero-order chi connectivity index (χ0) is 15.5. The fraction of sp³-hybridized carbons (Fsp3) is 0.923. The third-order valence-electron chi connectivity index (χ3n) is 3.99. The maximum Gasteiger partial charge on any atom is 0.310 e. The first-order chi connectivity index (χ1) is 9.94. The lowest BCUT2D eigenvalue weighted by molar-refractivity contribution is -0.149. The molecular weight excluding hydrogens is 296 g/mol. The standard InChI is InChI=1S/C13H24N2O5S/c1-2-20-13(17)11-4-3-7-15(9-11)21(18,19)14-8-12(16)10-5-6-10/h10-12,14,16H,2-9H2,1H3. The van der Waals surface area contributed by atoms with Crippen molar-refractivity contribution < 1.29 is 23.1 Å². The molecule has 1 aliphatic carbocycles. The van der Waals surface area contributed by atoms with Crippen molar-refractivity contribution in [2.24, 2.45) is 11.8 Å². The lowest BCUT2D eigenvalue weighted by Crippen LogP contribution is -2.49. The largest absolute Gasteiger partial charge is 0.466 e. The number of carbonyl (C=O) groups excluding carboxylic acids is 1. The van der Waals surface area contributed by atoms with E-state index in [1.807, 2.05) is 0 Å². The minimum Gasteiger partial charge on any atom is -0.466 e. The molecule has 2 N–H and O–H groups in total. The predicted molar refractivity (Wildman–Crippen MR) is 76.6 cm³/mol. The molecule has 8 heteroatoms. The van der Waals surface area contributed by atoms with E-state index in [0.29, 0.717) is 26.0 Å². The summed E-state index contributed by atoms with van der Waals surface area (Å²) in [5, 5.41) is 9.74. The van der Waals surface area contributed by atoms with E-state index in [0.717, 1.165) is 12.8 Å². The zero-order valence-electron chi connectivity index (χ0n) is 12.3. The van der Waals surface area contributed by atoms with Crippen LogP contribution < -0.4 is 4.72 Å². The van der Waals surface area contributed by atoms with Crippen molar-refractivity contribution in [3.63, 3.8) is 0 Å². The summed E-state index contributed by atoms with van der Waals surface area (Å²) in [5.74, 6) is -0.514. The molecule has 2 atom stereocenters. The fourth-order valence-corrected chi connectivity index (χ4v) is 3.85. The van der Waals surface area contributed by atoms with Crippen LogP contribution >= 0.6 is 0 Å². The number of carbonyl (C=O) groups is 1. The van der Waals surface area contributed by atoms with Gasteiger partial charge in [0.25, 0.3) is 10.2 Å². The first-order valence-corrected chi connectivity index (χ1v) is 8.97. The molecule has 0 bridgehead atoms. The molecule has 0 radical (unpaired) electrons. The summed E-state index contributed by atoms with van der Waals surface area (Å²) in [6, 6.07) is 0. The van der Waals surface area contributed by atoms with Crippen LogP contribution in [0, 0.1) is 11.8 Å². The highest BCUT2D eigenvalue weighted by Crippen LogP contribution is 2.32. The van der Waals surface area contributed by atoms with Crippen LogP contribution in [0.2, 0.25) is 0 Å². The Morgan fingerprint density at radius 1 is 1.43 bits per heavy atom. The summed E-state index contributed by atoms with van der Waals surface area (Å²) in [7, 11) is -3.65. The van der Waals surface area contributed by atoms with Gasteiger partial charge in [-0.3, -0.25) is 4.79 Å². The summed E-state index contributed by atoms with van der Waals surface area (Å²) in [5.41, 5.74) is 0. The highest BCUT2D eigenvalue weighted by atomic mass is 32.2. The van der Waals surface area contributed by atoms with Gasteiger partial charge >= 0.3 is 5.97 Å². The highest BCUT2D eigenvalue weighted by Gasteiger charge is 2.35. The number of ether oxygens (including phenoxy) is 1. The average molecular weight is 320 g/mol. The lowest BCUT2D eigenvalue weighted by atomic mass is 10.0. The van der Waals surface area contributed by atoms with Crippen LogP contribution in [-0.2, 0) is 19.7 Å². The number of piperidine rings is 1. The molecule has 1 heterocycles. The SMILES string of the molecule is CCOC(=O)C1CCCN(S(=O)(=O)NCC(O)C2CC2)C1. The Hall–Kier alpha value is -0.700. The Morgan fingerprint density at radius 2 is 2.14 bits per heavy atom. The Labute approximate surface area is 125 Å². The molecule has 2 fully saturated rings. The first-order valence-electron chi connectivity index (χ1n) is 7.53. The molecule has 21 heavy (non-hydrogen) atoms. The molecule has 0 amide bonds. The Morgan fingerprint density at radius 3 is 2.76 bits per heavy atom. The third-order valence-corrected chi connectivity index (χ3v) is 5.53. The van der Waals surface area contributed by atoms with Gasteiger partial charge in [0, 0.05) is 19.6 Å². The van der Waals surface area contributed by atoms with Crippen LogP contribution in [0.5, 0.6) is 0 Å². The molecular formula is C13H24N2O5S. The smallest absolute Gasteiger partial charge is 0.310 e. The second-order valence-corrected chi connectivity index (χ2v) is 7.46. The van der Waals surface area contributed by atoms with E-state index < -0.39 is 22.2 Å².